The smallest absolute Gasteiger partial charge is 0.287 e. The summed E-state index contributed by atoms with van der Waals surface area (Å²) in [6.07, 6.45) is 11.6. The van der Waals surface area contributed by atoms with E-state index in [0.29, 0.717) is 12.0 Å². The van der Waals surface area contributed by atoms with Crippen LogP contribution in [0.15, 0.2) is 94.5 Å². The van der Waals surface area contributed by atoms with E-state index in [1.54, 1.807) is 12.4 Å². The Morgan fingerprint density at radius 2 is 1.82 bits per heavy atom. The lowest BCUT2D eigenvalue weighted by Crippen LogP contribution is -2.44. The van der Waals surface area contributed by atoms with Gasteiger partial charge in [-0.1, -0.05) is 47.1 Å². The number of piperidine rings is 1. The van der Waals surface area contributed by atoms with E-state index in [9.17, 15) is 0 Å². The van der Waals surface area contributed by atoms with E-state index in [0.717, 1.165) is 54.3 Å². The first-order valence-corrected chi connectivity index (χ1v) is 11.3. The van der Waals surface area contributed by atoms with Crippen LogP contribution in [0, 0.1) is 0 Å². The zero-order valence-electron chi connectivity index (χ0n) is 18.2. The highest BCUT2D eigenvalue weighted by atomic mass is 15.7. The predicted octanol–water partition coefficient (Wildman–Crippen LogP) is 4.13. The summed E-state index contributed by atoms with van der Waals surface area (Å²) in [6.45, 7) is 2.06. The lowest BCUT2D eigenvalue weighted by molar-refractivity contribution is 0.343. The molecule has 33 heavy (non-hydrogen) atoms. The van der Waals surface area contributed by atoms with Crippen molar-refractivity contribution >= 4 is 29.4 Å². The molecule has 0 spiro atoms. The number of aliphatic imine (C=N–C) groups is 2. The molecule has 2 aromatic carbocycles. The van der Waals surface area contributed by atoms with Gasteiger partial charge in [0, 0.05) is 17.8 Å². The van der Waals surface area contributed by atoms with E-state index in [-0.39, 0.29) is 4.59 Å². The number of nitrogens with zero attached hydrogens (tertiary/aromatic N) is 6. The molecule has 3 aromatic rings. The van der Waals surface area contributed by atoms with E-state index < -0.39 is 0 Å². The monoisotopic (exact) mass is 437 g/mol. The topological polar surface area (TPSA) is 79.0 Å². The quantitative estimate of drug-likeness (QED) is 0.603. The first-order chi connectivity index (χ1) is 16.3. The number of rotatable bonds is 4. The van der Waals surface area contributed by atoms with E-state index in [1.807, 2.05) is 30.7 Å². The molecule has 3 aliphatic rings. The van der Waals surface area contributed by atoms with Gasteiger partial charge in [0.15, 0.2) is 11.9 Å². The average Bonchev–Trinajstić information content (AvgIpc) is 3.50. The van der Waals surface area contributed by atoms with Crippen molar-refractivity contribution < 1.29 is 0 Å². The molecule has 8 nitrogen and oxygen atoms in total. The minimum Gasteiger partial charge on any atom is -0.317 e. The predicted molar refractivity (Wildman–Crippen MR) is 133 cm³/mol. The first-order valence-electron chi connectivity index (χ1n) is 11.3. The summed E-state index contributed by atoms with van der Waals surface area (Å²) in [6, 6.07) is 19.1. The van der Waals surface area contributed by atoms with Crippen LogP contribution in [0.1, 0.15) is 18.9 Å². The van der Waals surface area contributed by atoms with Gasteiger partial charge in [-0.15, -0.1) is 0 Å². The molecular weight excluding hydrogens is 412 g/mol. The molecule has 0 amide bonds. The van der Waals surface area contributed by atoms with Gasteiger partial charge in [0.25, 0.3) is 11.8 Å². The molecule has 3 aliphatic heterocycles. The van der Waals surface area contributed by atoms with Crippen molar-refractivity contribution in [1.29, 1.82) is 0 Å². The molecular formula is C25H25N8+. The summed E-state index contributed by atoms with van der Waals surface area (Å²) >= 11 is 0. The van der Waals surface area contributed by atoms with E-state index >= 15 is 0 Å². The van der Waals surface area contributed by atoms with Crippen LogP contribution >= 0.6 is 0 Å². The van der Waals surface area contributed by atoms with Crippen LogP contribution in [0.25, 0.3) is 11.1 Å². The van der Waals surface area contributed by atoms with Gasteiger partial charge in [-0.3, -0.25) is 9.67 Å². The number of aromatic nitrogens is 2. The maximum absolute atomic E-state index is 5.03. The zero-order chi connectivity index (χ0) is 22.1. The van der Waals surface area contributed by atoms with Crippen LogP contribution < -0.4 is 15.2 Å². The number of fused-ring (bicyclic) bond motifs is 1. The minimum atomic E-state index is 0.138. The van der Waals surface area contributed by atoms with Gasteiger partial charge >= 0.3 is 0 Å². The Balaban J connectivity index is 1.35. The molecule has 1 aromatic heterocycles. The van der Waals surface area contributed by atoms with Crippen molar-refractivity contribution in [1.82, 2.24) is 19.7 Å². The lowest BCUT2D eigenvalue weighted by Gasteiger charge is -2.26. The number of quaternary nitrogens is 1. The molecule has 0 aliphatic carbocycles. The molecule has 8 heteroatoms. The summed E-state index contributed by atoms with van der Waals surface area (Å²) in [5.74, 6) is 1.28. The maximum Gasteiger partial charge on any atom is 0.287 e. The summed E-state index contributed by atoms with van der Waals surface area (Å²) in [4.78, 5) is 9.11. The van der Waals surface area contributed by atoms with Gasteiger partial charge in [-0.25, -0.2) is 0 Å². The number of hydrogen-bond acceptors (Lipinski definition) is 6. The number of guanidine groups is 1. The summed E-state index contributed by atoms with van der Waals surface area (Å²) in [7, 11) is 0. The van der Waals surface area contributed by atoms with E-state index in [2.05, 4.69) is 67.9 Å². The Bertz CT molecular complexity index is 1280. The van der Waals surface area contributed by atoms with Crippen molar-refractivity contribution in [3.8, 4) is 11.1 Å². The Morgan fingerprint density at radius 3 is 2.70 bits per heavy atom. The van der Waals surface area contributed by atoms with E-state index in [4.69, 9.17) is 10.1 Å². The van der Waals surface area contributed by atoms with Crippen LogP contribution in [-0.2, 0) is 0 Å². The molecule has 1 atom stereocenters. The Hall–Kier alpha value is -3.88. The van der Waals surface area contributed by atoms with Gasteiger partial charge in [0.05, 0.1) is 24.1 Å². The minimum absolute atomic E-state index is 0.138. The molecule has 4 heterocycles. The fraction of sp³-hybridized carbons (Fsp3) is 0.200. The van der Waals surface area contributed by atoms with Crippen LogP contribution in [0.2, 0.25) is 0 Å². The molecule has 164 valence electrons. The van der Waals surface area contributed by atoms with Crippen LogP contribution in [0.3, 0.4) is 0 Å². The van der Waals surface area contributed by atoms with Crippen LogP contribution in [0.5, 0.6) is 0 Å². The maximum atomic E-state index is 5.03. The fourth-order valence-corrected chi connectivity index (χ4v) is 4.62. The second-order valence-electron chi connectivity index (χ2n) is 8.35. The standard InChI is InChI=1S/C25H25N8/c1-2-6-19(7-3-1)22-8-4-5-9-23(22)33-15-14-27-17-24(33)30-25(31-33)29-20-16-28-32(18-20)21-10-12-26-13-11-21/h1-9,14-18,21,26H,10-13H2,(H,29,31)/q+1. The van der Waals surface area contributed by atoms with Crippen molar-refractivity contribution in [3.05, 3.63) is 79.4 Å². The average molecular weight is 438 g/mol. The van der Waals surface area contributed by atoms with Gasteiger partial charge in [-0.2, -0.15) is 10.1 Å². The molecule has 1 fully saturated rings. The van der Waals surface area contributed by atoms with Crippen molar-refractivity contribution in [3.63, 3.8) is 0 Å². The number of nitrogens with one attached hydrogen (secondary N) is 2. The Labute approximate surface area is 192 Å². The summed E-state index contributed by atoms with van der Waals surface area (Å²) < 4.78 is 2.19. The summed E-state index contributed by atoms with van der Waals surface area (Å²) in [5.41, 5.74) is 4.14. The Morgan fingerprint density at radius 1 is 1.00 bits per heavy atom. The highest BCUT2D eigenvalue weighted by Crippen LogP contribution is 2.39. The van der Waals surface area contributed by atoms with Crippen LogP contribution in [0.4, 0.5) is 11.4 Å². The number of para-hydroxylation sites is 1. The second kappa shape index (κ2) is 8.23. The third-order valence-corrected chi connectivity index (χ3v) is 6.28. The molecule has 6 rings (SSSR count). The number of amidine groups is 1. The number of anilines is 1. The number of hydrogen-bond donors (Lipinski definition) is 2. The van der Waals surface area contributed by atoms with Crippen molar-refractivity contribution in [2.45, 2.75) is 18.9 Å². The molecule has 2 N–H and O–H groups in total. The van der Waals surface area contributed by atoms with E-state index in [1.165, 1.54) is 0 Å². The normalized spacial score (nSPS) is 22.1. The van der Waals surface area contributed by atoms with Crippen molar-refractivity contribution in [2.24, 2.45) is 15.1 Å². The van der Waals surface area contributed by atoms with Gasteiger partial charge in [0.2, 0.25) is 0 Å². The first kappa shape index (κ1) is 19.8. The number of benzene rings is 2. The lowest BCUT2D eigenvalue weighted by atomic mass is 10.0. The third-order valence-electron chi connectivity index (χ3n) is 6.28. The summed E-state index contributed by atoms with van der Waals surface area (Å²) in [5, 5.41) is 16.4. The molecule has 0 bridgehead atoms. The SMILES string of the molecule is C1=C[N+]2(c3ccccc3-c3ccccc3)N=C(Nc3cnn(C4CCNCC4)c3)N=C2C=N1. The Kier molecular flexibility index (Phi) is 4.93. The second-order valence-corrected chi connectivity index (χ2v) is 8.35. The highest BCUT2D eigenvalue weighted by Gasteiger charge is 2.44. The van der Waals surface area contributed by atoms with Gasteiger partial charge in [0.1, 0.15) is 6.21 Å². The highest BCUT2D eigenvalue weighted by molar-refractivity contribution is 6.38. The largest absolute Gasteiger partial charge is 0.317 e. The fourth-order valence-electron chi connectivity index (χ4n) is 4.62. The molecule has 1 unspecified atom stereocenters. The van der Waals surface area contributed by atoms with Crippen LogP contribution in [-0.4, -0.2) is 40.9 Å². The third kappa shape index (κ3) is 3.59. The van der Waals surface area contributed by atoms with Gasteiger partial charge < -0.3 is 10.6 Å². The van der Waals surface area contributed by atoms with Gasteiger partial charge in [-0.05, 0) is 42.7 Å². The molecule has 0 saturated carbocycles. The van der Waals surface area contributed by atoms with Crippen molar-refractivity contribution in [2.75, 3.05) is 18.4 Å². The molecule has 1 saturated heterocycles. The molecule has 0 radical (unpaired) electrons. The zero-order valence-corrected chi connectivity index (χ0v) is 18.2.